The Morgan fingerprint density at radius 1 is 1.21 bits per heavy atom. The van der Waals surface area contributed by atoms with Crippen LogP contribution in [0.2, 0.25) is 0 Å². The summed E-state index contributed by atoms with van der Waals surface area (Å²) >= 11 is 0. The van der Waals surface area contributed by atoms with Crippen molar-refractivity contribution in [3.8, 4) is 16.9 Å². The molecule has 0 aliphatic carbocycles. The molecule has 178 valence electrons. The highest BCUT2D eigenvalue weighted by Crippen LogP contribution is 2.45. The molecule has 1 heterocycles. The number of benzene rings is 2. The van der Waals surface area contributed by atoms with Gasteiger partial charge < -0.3 is 14.7 Å². The highest BCUT2D eigenvalue weighted by atomic mass is 19.4. The monoisotopic (exact) mass is 463 g/mol. The molecule has 2 aromatic carbocycles. The largest absolute Gasteiger partial charge is 0.573 e. The number of ether oxygens (including phenoxy) is 1. The van der Waals surface area contributed by atoms with Crippen LogP contribution in [0.3, 0.4) is 0 Å². The zero-order valence-corrected chi connectivity index (χ0v) is 19.3. The molecular formula is C25H28F3NO4. The molecular weight excluding hydrogens is 435 g/mol. The van der Waals surface area contributed by atoms with Gasteiger partial charge in [0.2, 0.25) is 5.91 Å². The van der Waals surface area contributed by atoms with Gasteiger partial charge in [0.1, 0.15) is 5.75 Å². The number of alkyl halides is 3. The van der Waals surface area contributed by atoms with E-state index < -0.39 is 23.7 Å². The highest BCUT2D eigenvalue weighted by Gasteiger charge is 2.37. The molecule has 0 saturated heterocycles. The Hall–Kier alpha value is -3.03. The molecule has 8 heteroatoms. The number of hydrogen-bond acceptors (Lipinski definition) is 3. The normalized spacial score (nSPS) is 16.4. The number of nitrogens with zero attached hydrogens (tertiary/aromatic N) is 1. The Kier molecular flexibility index (Phi) is 6.51. The van der Waals surface area contributed by atoms with Crippen LogP contribution in [-0.4, -0.2) is 29.9 Å². The van der Waals surface area contributed by atoms with Crippen molar-refractivity contribution in [3.05, 3.63) is 47.0 Å². The molecule has 33 heavy (non-hydrogen) atoms. The summed E-state index contributed by atoms with van der Waals surface area (Å²) in [6.45, 7) is 9.59. The van der Waals surface area contributed by atoms with E-state index in [1.54, 1.807) is 24.0 Å². The van der Waals surface area contributed by atoms with Gasteiger partial charge in [0.05, 0.1) is 5.92 Å². The van der Waals surface area contributed by atoms with E-state index in [-0.39, 0.29) is 23.6 Å². The topological polar surface area (TPSA) is 66.8 Å². The molecule has 0 bridgehead atoms. The fourth-order valence-electron chi connectivity index (χ4n) is 4.37. The summed E-state index contributed by atoms with van der Waals surface area (Å²) in [5.41, 5.74) is 3.24. The second-order valence-electron chi connectivity index (χ2n) is 9.20. The second-order valence-corrected chi connectivity index (χ2v) is 9.20. The van der Waals surface area contributed by atoms with Gasteiger partial charge in [0, 0.05) is 29.6 Å². The van der Waals surface area contributed by atoms with Crippen LogP contribution < -0.4 is 9.64 Å². The first-order chi connectivity index (χ1) is 15.2. The van der Waals surface area contributed by atoms with E-state index in [0.717, 1.165) is 11.1 Å². The van der Waals surface area contributed by atoms with E-state index in [1.807, 2.05) is 33.8 Å². The van der Waals surface area contributed by atoms with Crippen LogP contribution in [0.15, 0.2) is 30.3 Å². The second kappa shape index (κ2) is 8.72. The van der Waals surface area contributed by atoms with Gasteiger partial charge in [0.15, 0.2) is 0 Å². The summed E-state index contributed by atoms with van der Waals surface area (Å²) in [5, 5.41) is 9.23. The lowest BCUT2D eigenvalue weighted by Gasteiger charge is -2.39. The minimum atomic E-state index is -4.89. The number of carboxylic acids is 1. The molecule has 0 aromatic heterocycles. The minimum Gasteiger partial charge on any atom is -0.481 e. The molecule has 1 amide bonds. The number of carbonyl (C=O) groups excluding carboxylic acids is 1. The van der Waals surface area contributed by atoms with Gasteiger partial charge in [-0.2, -0.15) is 0 Å². The lowest BCUT2D eigenvalue weighted by Crippen LogP contribution is -2.41. The van der Waals surface area contributed by atoms with E-state index in [4.69, 9.17) is 0 Å². The van der Waals surface area contributed by atoms with Crippen molar-refractivity contribution in [2.24, 2.45) is 5.92 Å². The molecule has 1 aliphatic heterocycles. The standard InChI is InChI=1S/C25H28F3NO4/c1-6-29-20-12-17(14(2)10-19(20)24(4,5)13-22(29)30)18-11-16(9-15(3)23(31)32)7-8-21(18)33-25(26,27)28/h7-8,10-12,15H,6,9,13H2,1-5H3,(H,31,32). The van der Waals surface area contributed by atoms with Gasteiger partial charge in [-0.3, -0.25) is 9.59 Å². The molecule has 0 radical (unpaired) electrons. The van der Waals surface area contributed by atoms with Crippen LogP contribution in [0, 0.1) is 12.8 Å². The molecule has 1 atom stereocenters. The van der Waals surface area contributed by atoms with Crippen LogP contribution in [0.5, 0.6) is 5.75 Å². The van der Waals surface area contributed by atoms with Crippen molar-refractivity contribution in [1.29, 1.82) is 0 Å². The lowest BCUT2D eigenvalue weighted by atomic mass is 9.75. The fourth-order valence-corrected chi connectivity index (χ4v) is 4.37. The summed E-state index contributed by atoms with van der Waals surface area (Å²) in [5.74, 6) is -2.11. The molecule has 2 aromatic rings. The first kappa shape index (κ1) is 24.6. The average molecular weight is 463 g/mol. The predicted molar refractivity (Wildman–Crippen MR) is 119 cm³/mol. The minimum absolute atomic E-state index is 0.0411. The van der Waals surface area contributed by atoms with Gasteiger partial charge in [0.25, 0.3) is 0 Å². The first-order valence-electron chi connectivity index (χ1n) is 10.8. The van der Waals surface area contributed by atoms with Crippen molar-refractivity contribution < 1.29 is 32.6 Å². The lowest BCUT2D eigenvalue weighted by molar-refractivity contribution is -0.274. The summed E-state index contributed by atoms with van der Waals surface area (Å²) in [4.78, 5) is 25.6. The fraction of sp³-hybridized carbons (Fsp3) is 0.440. The molecule has 1 unspecified atom stereocenters. The molecule has 1 aliphatic rings. The van der Waals surface area contributed by atoms with Crippen molar-refractivity contribution in [3.63, 3.8) is 0 Å². The summed E-state index contributed by atoms with van der Waals surface area (Å²) in [6.07, 6.45) is -4.39. The number of anilines is 1. The smallest absolute Gasteiger partial charge is 0.481 e. The number of carbonyl (C=O) groups is 2. The van der Waals surface area contributed by atoms with Gasteiger partial charge in [-0.1, -0.05) is 32.9 Å². The van der Waals surface area contributed by atoms with Crippen LogP contribution in [0.1, 0.15) is 50.8 Å². The number of aliphatic carboxylic acids is 1. The van der Waals surface area contributed by atoms with Crippen molar-refractivity contribution in [2.45, 2.75) is 59.2 Å². The third kappa shape index (κ3) is 5.15. The number of amides is 1. The number of hydrogen-bond donors (Lipinski definition) is 1. The van der Waals surface area contributed by atoms with Gasteiger partial charge >= 0.3 is 12.3 Å². The van der Waals surface area contributed by atoms with Crippen molar-refractivity contribution >= 4 is 17.6 Å². The van der Waals surface area contributed by atoms with Gasteiger partial charge in [-0.05, 0) is 60.7 Å². The van der Waals surface area contributed by atoms with E-state index in [2.05, 4.69) is 4.74 Å². The number of aryl methyl sites for hydroxylation is 1. The Morgan fingerprint density at radius 2 is 1.88 bits per heavy atom. The maximum Gasteiger partial charge on any atom is 0.573 e. The molecule has 0 fully saturated rings. The molecule has 0 saturated carbocycles. The number of rotatable bonds is 6. The highest BCUT2D eigenvalue weighted by molar-refractivity contribution is 5.99. The maximum atomic E-state index is 13.1. The first-order valence-corrected chi connectivity index (χ1v) is 10.8. The van der Waals surface area contributed by atoms with E-state index in [9.17, 15) is 27.9 Å². The SMILES string of the molecule is CCN1C(=O)CC(C)(C)c2cc(C)c(-c3cc(CC(C)C(=O)O)ccc3OC(F)(F)F)cc21. The van der Waals surface area contributed by atoms with Crippen LogP contribution in [-0.2, 0) is 21.4 Å². The number of carboxylic acid groups (broad SMARTS) is 1. The Bertz CT molecular complexity index is 1090. The van der Waals surface area contributed by atoms with Gasteiger partial charge in [-0.25, -0.2) is 0 Å². The van der Waals surface area contributed by atoms with Crippen LogP contribution in [0.4, 0.5) is 18.9 Å². The number of fused-ring (bicyclic) bond motifs is 1. The third-order valence-electron chi connectivity index (χ3n) is 6.10. The Balaban J connectivity index is 2.22. The zero-order chi connectivity index (χ0) is 24.7. The van der Waals surface area contributed by atoms with Crippen LogP contribution in [0.25, 0.3) is 11.1 Å². The van der Waals surface area contributed by atoms with E-state index in [0.29, 0.717) is 29.8 Å². The summed E-state index contributed by atoms with van der Waals surface area (Å²) in [7, 11) is 0. The van der Waals surface area contributed by atoms with E-state index in [1.165, 1.54) is 12.1 Å². The average Bonchev–Trinajstić information content (AvgIpc) is 2.68. The van der Waals surface area contributed by atoms with E-state index >= 15 is 0 Å². The molecule has 1 N–H and O–H groups in total. The molecule has 0 spiro atoms. The van der Waals surface area contributed by atoms with Crippen molar-refractivity contribution in [1.82, 2.24) is 0 Å². The van der Waals surface area contributed by atoms with Gasteiger partial charge in [-0.15, -0.1) is 13.2 Å². The third-order valence-corrected chi connectivity index (χ3v) is 6.10. The molecule has 5 nitrogen and oxygen atoms in total. The zero-order valence-electron chi connectivity index (χ0n) is 19.3. The van der Waals surface area contributed by atoms with Crippen molar-refractivity contribution in [2.75, 3.05) is 11.4 Å². The summed E-state index contributed by atoms with van der Waals surface area (Å²) in [6, 6.07) is 7.88. The molecule has 3 rings (SSSR count). The quantitative estimate of drug-likeness (QED) is 0.583. The Labute approximate surface area is 191 Å². The number of halogens is 3. The summed E-state index contributed by atoms with van der Waals surface area (Å²) < 4.78 is 43.7. The maximum absolute atomic E-state index is 13.1. The van der Waals surface area contributed by atoms with Crippen LogP contribution >= 0.6 is 0 Å². The predicted octanol–water partition coefficient (Wildman–Crippen LogP) is 5.86. The Morgan fingerprint density at radius 3 is 2.45 bits per heavy atom.